The molecule has 1 aliphatic carbocycles. The van der Waals surface area contributed by atoms with Crippen LogP contribution in [0.3, 0.4) is 0 Å². The first-order chi connectivity index (χ1) is 9.62. The minimum Gasteiger partial charge on any atom is -0.302 e. The Kier molecular flexibility index (Phi) is 4.44. The number of rotatable bonds is 3. The van der Waals surface area contributed by atoms with Gasteiger partial charge in [0.1, 0.15) is 5.01 Å². The van der Waals surface area contributed by atoms with Crippen molar-refractivity contribution >= 4 is 23.1 Å². The van der Waals surface area contributed by atoms with Gasteiger partial charge in [0, 0.05) is 16.2 Å². The van der Waals surface area contributed by atoms with Crippen LogP contribution in [0.25, 0.3) is 0 Å². The third-order valence-electron chi connectivity index (χ3n) is 4.55. The third-order valence-corrected chi connectivity index (χ3v) is 7.31. The maximum Gasteiger partial charge on any atom is 0.114 e. The average Bonchev–Trinajstić information content (AvgIpc) is 2.85. The molecule has 3 rings (SSSR count). The summed E-state index contributed by atoms with van der Waals surface area (Å²) in [4.78, 5) is 6.66. The van der Waals surface area contributed by atoms with Gasteiger partial charge < -0.3 is 5.32 Å². The molecule has 2 heterocycles. The van der Waals surface area contributed by atoms with Crippen molar-refractivity contribution in [1.82, 2.24) is 10.3 Å². The van der Waals surface area contributed by atoms with Crippen LogP contribution in [0.15, 0.2) is 0 Å². The number of aryl methyl sites for hydroxylation is 2. The molecule has 2 aliphatic rings. The van der Waals surface area contributed by atoms with Crippen LogP contribution in [0, 0.1) is 0 Å². The van der Waals surface area contributed by atoms with Gasteiger partial charge in [0.05, 0.1) is 11.2 Å². The zero-order valence-corrected chi connectivity index (χ0v) is 14.5. The van der Waals surface area contributed by atoms with Gasteiger partial charge in [0.25, 0.3) is 0 Å². The summed E-state index contributed by atoms with van der Waals surface area (Å²) in [5.74, 6) is 1.30. The van der Waals surface area contributed by atoms with Gasteiger partial charge in [-0.2, -0.15) is 11.8 Å². The number of hydrogen-bond acceptors (Lipinski definition) is 4. The summed E-state index contributed by atoms with van der Waals surface area (Å²) in [6.07, 6.45) is 7.68. The second-order valence-electron chi connectivity index (χ2n) is 6.48. The van der Waals surface area contributed by atoms with Crippen LogP contribution >= 0.6 is 23.1 Å². The van der Waals surface area contributed by atoms with Crippen molar-refractivity contribution in [2.24, 2.45) is 0 Å². The first kappa shape index (κ1) is 14.9. The Balaban J connectivity index is 1.97. The Morgan fingerprint density at radius 2 is 2.05 bits per heavy atom. The Morgan fingerprint density at radius 1 is 1.25 bits per heavy atom. The lowest BCUT2D eigenvalue weighted by Gasteiger charge is -2.43. The fourth-order valence-corrected chi connectivity index (χ4v) is 6.29. The molecular formula is C16H26N2S2. The van der Waals surface area contributed by atoms with E-state index < -0.39 is 0 Å². The van der Waals surface area contributed by atoms with E-state index >= 15 is 0 Å². The maximum atomic E-state index is 5.09. The highest BCUT2D eigenvalue weighted by Gasteiger charge is 2.43. The van der Waals surface area contributed by atoms with Crippen molar-refractivity contribution in [1.29, 1.82) is 0 Å². The molecule has 0 spiro atoms. The molecule has 0 aromatic carbocycles. The summed E-state index contributed by atoms with van der Waals surface area (Å²) < 4.78 is 0. The molecule has 1 saturated heterocycles. The van der Waals surface area contributed by atoms with E-state index in [1.165, 1.54) is 55.0 Å². The molecule has 1 aliphatic heterocycles. The normalized spacial score (nSPS) is 30.5. The third kappa shape index (κ3) is 2.67. The minimum absolute atomic E-state index is 0.110. The number of thiazole rings is 1. The highest BCUT2D eigenvalue weighted by molar-refractivity contribution is 8.00. The van der Waals surface area contributed by atoms with Gasteiger partial charge in [-0.05, 0) is 58.1 Å². The largest absolute Gasteiger partial charge is 0.302 e. The number of fused-ring (bicyclic) bond motifs is 1. The fourth-order valence-electron chi connectivity index (χ4n) is 3.55. The van der Waals surface area contributed by atoms with Gasteiger partial charge >= 0.3 is 0 Å². The fraction of sp³-hybridized carbons (Fsp3) is 0.812. The molecule has 0 amide bonds. The van der Waals surface area contributed by atoms with Crippen molar-refractivity contribution in [3.05, 3.63) is 15.6 Å². The molecule has 1 aromatic heterocycles. The van der Waals surface area contributed by atoms with Crippen LogP contribution in [0.2, 0.25) is 0 Å². The number of aromatic nitrogens is 1. The summed E-state index contributed by atoms with van der Waals surface area (Å²) >= 11 is 4.11. The molecule has 1 aromatic rings. The predicted octanol–water partition coefficient (Wildman–Crippen LogP) is 4.13. The lowest BCUT2D eigenvalue weighted by atomic mass is 9.89. The first-order valence-electron chi connectivity index (χ1n) is 8.00. The van der Waals surface area contributed by atoms with E-state index in [2.05, 4.69) is 37.8 Å². The van der Waals surface area contributed by atoms with Crippen LogP contribution in [0.1, 0.15) is 62.0 Å². The smallest absolute Gasteiger partial charge is 0.114 e. The van der Waals surface area contributed by atoms with E-state index in [1.54, 1.807) is 4.88 Å². The van der Waals surface area contributed by atoms with Gasteiger partial charge in [-0.3, -0.25) is 0 Å². The Labute approximate surface area is 131 Å². The highest BCUT2D eigenvalue weighted by Crippen LogP contribution is 2.44. The summed E-state index contributed by atoms with van der Waals surface area (Å²) in [6, 6.07) is 0.511. The summed E-state index contributed by atoms with van der Waals surface area (Å²) in [5.41, 5.74) is 1.52. The molecule has 20 heavy (non-hydrogen) atoms. The molecule has 4 heteroatoms. The second-order valence-corrected chi connectivity index (χ2v) is 9.02. The molecule has 2 nitrogen and oxygen atoms in total. The predicted molar refractivity (Wildman–Crippen MR) is 89.9 cm³/mol. The molecular weight excluding hydrogens is 284 g/mol. The lowest BCUT2D eigenvalue weighted by molar-refractivity contribution is 0.271. The van der Waals surface area contributed by atoms with Gasteiger partial charge in [-0.15, -0.1) is 11.3 Å². The minimum atomic E-state index is 0.110. The highest BCUT2D eigenvalue weighted by atomic mass is 32.2. The molecule has 2 unspecified atom stereocenters. The van der Waals surface area contributed by atoms with Crippen LogP contribution in [0.4, 0.5) is 0 Å². The van der Waals surface area contributed by atoms with Crippen LogP contribution in [-0.2, 0) is 18.4 Å². The van der Waals surface area contributed by atoms with Gasteiger partial charge in [-0.1, -0.05) is 6.92 Å². The SMILES string of the molecule is CC(C)NC1(c2nc3c(s2)CCCC3)CCCSC1C. The lowest BCUT2D eigenvalue weighted by Crippen LogP contribution is -2.53. The van der Waals surface area contributed by atoms with E-state index in [-0.39, 0.29) is 5.54 Å². The first-order valence-corrected chi connectivity index (χ1v) is 9.87. The monoisotopic (exact) mass is 310 g/mol. The number of nitrogens with zero attached hydrogens (tertiary/aromatic N) is 1. The van der Waals surface area contributed by atoms with E-state index in [4.69, 9.17) is 4.98 Å². The number of nitrogens with one attached hydrogen (secondary N) is 1. The Bertz CT molecular complexity index is 446. The maximum absolute atomic E-state index is 5.09. The summed E-state index contributed by atoms with van der Waals surface area (Å²) in [7, 11) is 0. The van der Waals surface area contributed by atoms with Crippen LogP contribution in [0.5, 0.6) is 0 Å². The zero-order valence-electron chi connectivity index (χ0n) is 12.9. The standard InChI is InChI=1S/C16H26N2S2/c1-11(2)18-16(9-6-10-19-12(16)3)15-17-13-7-4-5-8-14(13)20-15/h11-12,18H,4-10H2,1-3H3. The average molecular weight is 311 g/mol. The Hall–Kier alpha value is -0.0600. The Morgan fingerprint density at radius 3 is 2.75 bits per heavy atom. The van der Waals surface area contributed by atoms with Crippen LogP contribution < -0.4 is 5.32 Å². The van der Waals surface area contributed by atoms with Crippen molar-refractivity contribution in [2.75, 3.05) is 5.75 Å². The van der Waals surface area contributed by atoms with Gasteiger partial charge in [-0.25, -0.2) is 4.98 Å². The topological polar surface area (TPSA) is 24.9 Å². The molecule has 0 radical (unpaired) electrons. The molecule has 1 fully saturated rings. The van der Waals surface area contributed by atoms with Crippen molar-refractivity contribution < 1.29 is 0 Å². The zero-order chi connectivity index (χ0) is 14.2. The van der Waals surface area contributed by atoms with Crippen molar-refractivity contribution in [3.8, 4) is 0 Å². The number of thioether (sulfide) groups is 1. The molecule has 112 valence electrons. The molecule has 1 N–H and O–H groups in total. The summed E-state index contributed by atoms with van der Waals surface area (Å²) in [5, 5.41) is 5.89. The van der Waals surface area contributed by atoms with Gasteiger partial charge in [0.2, 0.25) is 0 Å². The summed E-state index contributed by atoms with van der Waals surface area (Å²) in [6.45, 7) is 6.92. The van der Waals surface area contributed by atoms with Gasteiger partial charge in [0.15, 0.2) is 0 Å². The van der Waals surface area contributed by atoms with E-state index in [9.17, 15) is 0 Å². The van der Waals surface area contributed by atoms with Crippen LogP contribution in [-0.4, -0.2) is 22.0 Å². The van der Waals surface area contributed by atoms with E-state index in [0.717, 1.165) is 0 Å². The van der Waals surface area contributed by atoms with Crippen molar-refractivity contribution in [3.63, 3.8) is 0 Å². The molecule has 0 bridgehead atoms. The van der Waals surface area contributed by atoms with E-state index in [1.807, 2.05) is 11.3 Å². The quantitative estimate of drug-likeness (QED) is 0.908. The number of hydrogen-bond donors (Lipinski definition) is 1. The van der Waals surface area contributed by atoms with Crippen molar-refractivity contribution in [2.45, 2.75) is 76.1 Å². The second kappa shape index (κ2) is 5.98. The van der Waals surface area contributed by atoms with E-state index in [0.29, 0.717) is 11.3 Å². The molecule has 2 atom stereocenters. The molecule has 0 saturated carbocycles.